The minimum Gasteiger partial charge on any atom is -0.481 e. The number of nitrogens with zero attached hydrogens (tertiary/aromatic N) is 2. The summed E-state index contributed by atoms with van der Waals surface area (Å²) >= 11 is 0. The first kappa shape index (κ1) is 18.1. The Hall–Kier alpha value is -3.25. The lowest BCUT2D eigenvalue weighted by Crippen LogP contribution is -2.10. The molecule has 4 rings (SSSR count). The predicted octanol–water partition coefficient (Wildman–Crippen LogP) is 3.52. The maximum Gasteiger partial charge on any atom is 0.274 e. The predicted molar refractivity (Wildman–Crippen MR) is 112 cm³/mol. The van der Waals surface area contributed by atoms with E-state index in [1.54, 1.807) is 13.3 Å². The maximum atomic E-state index is 12.5. The zero-order chi connectivity index (χ0) is 19.8. The number of aromatic nitrogens is 3. The van der Waals surface area contributed by atoms with Crippen molar-refractivity contribution in [3.63, 3.8) is 0 Å². The number of hydrogen-bond donors (Lipinski definition) is 2. The van der Waals surface area contributed by atoms with Crippen molar-refractivity contribution in [2.75, 3.05) is 13.7 Å². The Morgan fingerprint density at radius 3 is 2.64 bits per heavy atom. The SMILES string of the molecule is COc1nc(C)c2[nH]c(=O)c3ncccc3c2c1-c1ccc(C(C)CN)cc1. The molecule has 0 aliphatic carbocycles. The summed E-state index contributed by atoms with van der Waals surface area (Å²) in [7, 11) is 1.61. The van der Waals surface area contributed by atoms with Crippen LogP contribution in [0.3, 0.4) is 0 Å². The Kier molecular flexibility index (Phi) is 4.57. The van der Waals surface area contributed by atoms with Gasteiger partial charge in [-0.1, -0.05) is 37.3 Å². The molecule has 0 radical (unpaired) electrons. The van der Waals surface area contributed by atoms with E-state index in [1.807, 2.05) is 31.2 Å². The highest BCUT2D eigenvalue weighted by Gasteiger charge is 2.19. The third-order valence-corrected chi connectivity index (χ3v) is 5.19. The van der Waals surface area contributed by atoms with E-state index in [0.29, 0.717) is 29.2 Å². The van der Waals surface area contributed by atoms with Gasteiger partial charge in [-0.05, 0) is 36.6 Å². The zero-order valence-electron chi connectivity index (χ0n) is 16.1. The van der Waals surface area contributed by atoms with E-state index in [9.17, 15) is 4.79 Å². The van der Waals surface area contributed by atoms with E-state index in [1.165, 1.54) is 5.56 Å². The van der Waals surface area contributed by atoms with Crippen LogP contribution < -0.4 is 16.0 Å². The van der Waals surface area contributed by atoms with E-state index in [2.05, 4.69) is 34.0 Å². The first-order chi connectivity index (χ1) is 13.5. The van der Waals surface area contributed by atoms with Crippen LogP contribution in [-0.4, -0.2) is 28.6 Å². The lowest BCUT2D eigenvalue weighted by atomic mass is 9.95. The molecule has 142 valence electrons. The van der Waals surface area contributed by atoms with E-state index >= 15 is 0 Å². The highest BCUT2D eigenvalue weighted by Crippen LogP contribution is 2.39. The topological polar surface area (TPSA) is 93.9 Å². The Morgan fingerprint density at radius 2 is 1.96 bits per heavy atom. The molecule has 0 spiro atoms. The number of fused-ring (bicyclic) bond motifs is 3. The van der Waals surface area contributed by atoms with Crippen molar-refractivity contribution in [1.29, 1.82) is 0 Å². The smallest absolute Gasteiger partial charge is 0.274 e. The number of hydrogen-bond acceptors (Lipinski definition) is 5. The van der Waals surface area contributed by atoms with Crippen LogP contribution in [-0.2, 0) is 0 Å². The number of benzene rings is 1. The monoisotopic (exact) mass is 374 g/mol. The van der Waals surface area contributed by atoms with Crippen molar-refractivity contribution in [3.8, 4) is 17.0 Å². The fourth-order valence-electron chi connectivity index (χ4n) is 3.59. The van der Waals surface area contributed by atoms with E-state index in [0.717, 1.165) is 21.9 Å². The Balaban J connectivity index is 2.11. The number of pyridine rings is 3. The fourth-order valence-corrected chi connectivity index (χ4v) is 3.59. The van der Waals surface area contributed by atoms with Crippen molar-refractivity contribution in [3.05, 3.63) is 64.2 Å². The molecule has 3 heterocycles. The highest BCUT2D eigenvalue weighted by atomic mass is 16.5. The van der Waals surface area contributed by atoms with Gasteiger partial charge in [0.25, 0.3) is 5.56 Å². The second-order valence-corrected chi connectivity index (χ2v) is 6.94. The second-order valence-electron chi connectivity index (χ2n) is 6.94. The summed E-state index contributed by atoms with van der Waals surface area (Å²) in [6, 6.07) is 12.0. The largest absolute Gasteiger partial charge is 0.481 e. The van der Waals surface area contributed by atoms with Gasteiger partial charge in [-0.25, -0.2) is 4.98 Å². The number of nitrogens with two attached hydrogens (primary N) is 1. The van der Waals surface area contributed by atoms with Gasteiger partial charge < -0.3 is 15.5 Å². The summed E-state index contributed by atoms with van der Waals surface area (Å²) in [6.45, 7) is 4.55. The maximum absolute atomic E-state index is 12.5. The fraction of sp³-hybridized carbons (Fsp3) is 0.227. The Morgan fingerprint density at radius 1 is 1.21 bits per heavy atom. The van der Waals surface area contributed by atoms with Crippen LogP contribution in [0.4, 0.5) is 0 Å². The Labute approximate surface area is 162 Å². The van der Waals surface area contributed by atoms with Gasteiger partial charge in [0.15, 0.2) is 0 Å². The second kappa shape index (κ2) is 7.05. The average molecular weight is 374 g/mol. The van der Waals surface area contributed by atoms with E-state index in [4.69, 9.17) is 10.5 Å². The molecule has 1 atom stereocenters. The van der Waals surface area contributed by atoms with Gasteiger partial charge in [-0.3, -0.25) is 9.78 Å². The summed E-state index contributed by atoms with van der Waals surface area (Å²) in [5.74, 6) is 0.798. The van der Waals surface area contributed by atoms with Gasteiger partial charge in [-0.2, -0.15) is 0 Å². The minimum atomic E-state index is -0.226. The molecule has 0 aliphatic heterocycles. The van der Waals surface area contributed by atoms with Crippen LogP contribution in [0, 0.1) is 6.92 Å². The molecule has 6 heteroatoms. The molecule has 3 aromatic heterocycles. The standard InChI is InChI=1S/C22H22N4O2/c1-12(11-23)14-6-8-15(9-7-14)17-18-16-5-4-10-24-20(16)21(27)26-19(18)13(2)25-22(17)28-3/h4-10,12H,11,23H2,1-3H3,(H,26,27). The van der Waals surface area contributed by atoms with Crippen LogP contribution >= 0.6 is 0 Å². The zero-order valence-corrected chi connectivity index (χ0v) is 16.1. The minimum absolute atomic E-state index is 0.226. The third-order valence-electron chi connectivity index (χ3n) is 5.19. The van der Waals surface area contributed by atoms with Gasteiger partial charge in [-0.15, -0.1) is 0 Å². The van der Waals surface area contributed by atoms with Crippen molar-refractivity contribution >= 4 is 21.8 Å². The summed E-state index contributed by atoms with van der Waals surface area (Å²) in [4.78, 5) is 24.3. The molecule has 6 nitrogen and oxygen atoms in total. The lowest BCUT2D eigenvalue weighted by Gasteiger charge is -2.16. The van der Waals surface area contributed by atoms with Gasteiger partial charge in [0.2, 0.25) is 5.88 Å². The van der Waals surface area contributed by atoms with Crippen molar-refractivity contribution in [2.24, 2.45) is 5.73 Å². The molecular formula is C22H22N4O2. The number of aryl methyl sites for hydroxylation is 1. The van der Waals surface area contributed by atoms with Crippen molar-refractivity contribution in [1.82, 2.24) is 15.0 Å². The van der Waals surface area contributed by atoms with Crippen LogP contribution in [0.15, 0.2) is 47.4 Å². The quantitative estimate of drug-likeness (QED) is 0.533. The first-order valence-electron chi connectivity index (χ1n) is 9.20. The number of aromatic amines is 1. The van der Waals surface area contributed by atoms with Gasteiger partial charge in [0, 0.05) is 17.0 Å². The molecule has 1 aromatic carbocycles. The molecule has 4 aromatic rings. The third kappa shape index (κ3) is 2.82. The first-order valence-corrected chi connectivity index (χ1v) is 9.20. The van der Waals surface area contributed by atoms with Crippen LogP contribution in [0.5, 0.6) is 5.88 Å². The van der Waals surface area contributed by atoms with Crippen molar-refractivity contribution in [2.45, 2.75) is 19.8 Å². The summed E-state index contributed by atoms with van der Waals surface area (Å²) in [5, 5.41) is 1.66. The summed E-state index contributed by atoms with van der Waals surface area (Å²) in [5.41, 5.74) is 10.3. The molecule has 0 aliphatic rings. The van der Waals surface area contributed by atoms with Crippen LogP contribution in [0.2, 0.25) is 0 Å². The van der Waals surface area contributed by atoms with Crippen LogP contribution in [0.25, 0.3) is 32.9 Å². The molecule has 0 saturated heterocycles. The van der Waals surface area contributed by atoms with Crippen LogP contribution in [0.1, 0.15) is 24.1 Å². The average Bonchev–Trinajstić information content (AvgIpc) is 2.74. The molecule has 0 amide bonds. The van der Waals surface area contributed by atoms with Gasteiger partial charge >= 0.3 is 0 Å². The molecule has 28 heavy (non-hydrogen) atoms. The number of H-pyrrole nitrogens is 1. The normalized spacial score (nSPS) is 12.4. The Bertz CT molecular complexity index is 1230. The molecule has 0 fully saturated rings. The summed E-state index contributed by atoms with van der Waals surface area (Å²) < 4.78 is 5.62. The molecule has 0 saturated carbocycles. The van der Waals surface area contributed by atoms with E-state index in [-0.39, 0.29) is 11.5 Å². The number of methoxy groups -OCH3 is 1. The molecule has 0 bridgehead atoms. The summed E-state index contributed by atoms with van der Waals surface area (Å²) in [6.07, 6.45) is 1.62. The number of ether oxygens (including phenoxy) is 1. The van der Waals surface area contributed by atoms with E-state index < -0.39 is 0 Å². The van der Waals surface area contributed by atoms with Gasteiger partial charge in [0.05, 0.1) is 23.9 Å². The number of nitrogens with one attached hydrogen (secondary N) is 1. The molecule has 1 unspecified atom stereocenters. The lowest BCUT2D eigenvalue weighted by molar-refractivity contribution is 0.399. The van der Waals surface area contributed by atoms with Gasteiger partial charge in [0.1, 0.15) is 5.52 Å². The van der Waals surface area contributed by atoms with Crippen molar-refractivity contribution < 1.29 is 4.74 Å². The molecule has 3 N–H and O–H groups in total. The number of rotatable bonds is 4. The highest BCUT2D eigenvalue weighted by molar-refractivity contribution is 6.13. The molecular weight excluding hydrogens is 352 g/mol.